The van der Waals surface area contributed by atoms with Crippen LogP contribution in [-0.4, -0.2) is 61.8 Å². The zero-order valence-corrected chi connectivity index (χ0v) is 20.7. The van der Waals surface area contributed by atoms with Gasteiger partial charge in [0, 0.05) is 0 Å². The monoisotopic (exact) mass is 429 g/mol. The molecule has 168 valence electrons. The van der Waals surface area contributed by atoms with Gasteiger partial charge >= 0.3 is 12.1 Å². The lowest BCUT2D eigenvalue weighted by molar-refractivity contribution is -0.137. The van der Waals surface area contributed by atoms with E-state index < -0.39 is 38.1 Å². The van der Waals surface area contributed by atoms with E-state index in [-0.39, 0.29) is 17.2 Å². The SMILES string of the molecule is C=C(C(=O)OC)C(O)CN(C(=O)OC(C)(C)C)[C@@H](C)C=CO[Si](C)(C)C(C)(C)C. The Balaban J connectivity index is 5.47. The van der Waals surface area contributed by atoms with Crippen molar-refractivity contribution in [1.29, 1.82) is 0 Å². The minimum Gasteiger partial charge on any atom is -0.549 e. The number of hydrogen-bond acceptors (Lipinski definition) is 6. The summed E-state index contributed by atoms with van der Waals surface area (Å²) in [5, 5.41) is 10.4. The minimum atomic E-state index is -1.99. The molecule has 0 radical (unpaired) electrons. The van der Waals surface area contributed by atoms with Crippen LogP contribution in [0.2, 0.25) is 18.1 Å². The highest BCUT2D eigenvalue weighted by Gasteiger charge is 2.38. The summed E-state index contributed by atoms with van der Waals surface area (Å²) >= 11 is 0. The van der Waals surface area contributed by atoms with Gasteiger partial charge in [0.1, 0.15) is 11.7 Å². The lowest BCUT2D eigenvalue weighted by Gasteiger charge is -2.35. The first kappa shape index (κ1) is 27.2. The zero-order chi connectivity index (χ0) is 23.2. The molecule has 1 N–H and O–H groups in total. The number of aliphatic hydroxyl groups excluding tert-OH is 1. The molecule has 0 aromatic carbocycles. The smallest absolute Gasteiger partial charge is 0.410 e. The maximum atomic E-state index is 12.7. The Bertz CT molecular complexity index is 616. The summed E-state index contributed by atoms with van der Waals surface area (Å²) in [5.41, 5.74) is -0.837. The number of amides is 1. The molecule has 2 atom stereocenters. The molecule has 0 saturated heterocycles. The third kappa shape index (κ3) is 9.04. The first-order valence-corrected chi connectivity index (χ1v) is 12.6. The van der Waals surface area contributed by atoms with Crippen LogP contribution in [0, 0.1) is 0 Å². The fourth-order valence-corrected chi connectivity index (χ4v) is 2.67. The molecule has 0 rings (SSSR count). The molecule has 0 fully saturated rings. The van der Waals surface area contributed by atoms with Gasteiger partial charge in [-0.15, -0.1) is 0 Å². The second kappa shape index (κ2) is 10.3. The maximum absolute atomic E-state index is 12.7. The van der Waals surface area contributed by atoms with Crippen molar-refractivity contribution in [2.75, 3.05) is 13.7 Å². The first-order chi connectivity index (χ1) is 12.9. The van der Waals surface area contributed by atoms with E-state index in [9.17, 15) is 14.7 Å². The molecule has 0 heterocycles. The number of ether oxygens (including phenoxy) is 2. The van der Waals surface area contributed by atoms with Gasteiger partial charge in [-0.3, -0.25) is 4.90 Å². The maximum Gasteiger partial charge on any atom is 0.410 e. The molecule has 1 unspecified atom stereocenters. The van der Waals surface area contributed by atoms with E-state index in [2.05, 4.69) is 45.2 Å². The fourth-order valence-electron chi connectivity index (χ4n) is 1.90. The van der Waals surface area contributed by atoms with Crippen LogP contribution in [0.3, 0.4) is 0 Å². The second-order valence-corrected chi connectivity index (χ2v) is 14.4. The summed E-state index contributed by atoms with van der Waals surface area (Å²) in [6, 6.07) is -0.449. The van der Waals surface area contributed by atoms with Crippen LogP contribution in [0.4, 0.5) is 4.79 Å². The number of methoxy groups -OCH3 is 1. The van der Waals surface area contributed by atoms with Crippen LogP contribution in [-0.2, 0) is 18.7 Å². The van der Waals surface area contributed by atoms with Crippen LogP contribution >= 0.6 is 0 Å². The van der Waals surface area contributed by atoms with Gasteiger partial charge in [-0.1, -0.05) is 27.4 Å². The van der Waals surface area contributed by atoms with Crippen molar-refractivity contribution in [1.82, 2.24) is 4.90 Å². The summed E-state index contributed by atoms with van der Waals surface area (Å²) in [6.45, 7) is 21.1. The molecule has 0 aliphatic heterocycles. The molecular formula is C21H39NO6Si. The highest BCUT2D eigenvalue weighted by atomic mass is 28.4. The molecular weight excluding hydrogens is 390 g/mol. The lowest BCUT2D eigenvalue weighted by Crippen LogP contribution is -2.46. The minimum absolute atomic E-state index is 0.0415. The van der Waals surface area contributed by atoms with Gasteiger partial charge in [-0.05, 0) is 51.9 Å². The predicted molar refractivity (Wildman–Crippen MR) is 117 cm³/mol. The second-order valence-electron chi connectivity index (χ2n) is 9.61. The van der Waals surface area contributed by atoms with E-state index in [1.54, 1.807) is 40.0 Å². The number of esters is 1. The Kier molecular flexibility index (Phi) is 9.65. The number of aliphatic hydroxyl groups is 1. The van der Waals surface area contributed by atoms with Crippen molar-refractivity contribution in [3.63, 3.8) is 0 Å². The quantitative estimate of drug-likeness (QED) is 0.269. The topological polar surface area (TPSA) is 85.3 Å². The van der Waals surface area contributed by atoms with Crippen LogP contribution in [0.15, 0.2) is 24.5 Å². The molecule has 0 spiro atoms. The lowest BCUT2D eigenvalue weighted by atomic mass is 10.1. The summed E-state index contributed by atoms with van der Waals surface area (Å²) in [7, 11) is -0.784. The third-order valence-corrected chi connectivity index (χ3v) is 9.20. The zero-order valence-electron chi connectivity index (χ0n) is 19.7. The van der Waals surface area contributed by atoms with Gasteiger partial charge in [0.15, 0.2) is 0 Å². The van der Waals surface area contributed by atoms with Gasteiger partial charge in [-0.2, -0.15) is 0 Å². The van der Waals surface area contributed by atoms with Crippen molar-refractivity contribution >= 4 is 20.4 Å². The van der Waals surface area contributed by atoms with E-state index in [1.165, 1.54) is 12.0 Å². The van der Waals surface area contributed by atoms with Gasteiger partial charge < -0.3 is 19.0 Å². The molecule has 7 nitrogen and oxygen atoms in total. The van der Waals surface area contributed by atoms with E-state index >= 15 is 0 Å². The summed E-state index contributed by atoms with van der Waals surface area (Å²) in [6.07, 6.45) is 1.45. The fraction of sp³-hybridized carbons (Fsp3) is 0.714. The predicted octanol–water partition coefficient (Wildman–Crippen LogP) is 4.24. The van der Waals surface area contributed by atoms with Gasteiger partial charge in [-0.25, -0.2) is 9.59 Å². The van der Waals surface area contributed by atoms with Crippen molar-refractivity contribution in [3.05, 3.63) is 24.5 Å². The molecule has 0 bridgehead atoms. The summed E-state index contributed by atoms with van der Waals surface area (Å²) in [4.78, 5) is 25.7. The molecule has 1 amide bonds. The molecule has 0 aliphatic rings. The Morgan fingerprint density at radius 2 is 1.69 bits per heavy atom. The molecule has 0 aliphatic carbocycles. The average Bonchev–Trinajstić information content (AvgIpc) is 2.54. The molecule has 0 aromatic heterocycles. The Hall–Kier alpha value is -1.80. The van der Waals surface area contributed by atoms with E-state index in [0.29, 0.717) is 0 Å². The highest BCUT2D eigenvalue weighted by Crippen LogP contribution is 2.36. The molecule has 8 heteroatoms. The number of carbonyl (C=O) groups excluding carboxylic acids is 2. The highest BCUT2D eigenvalue weighted by molar-refractivity contribution is 6.74. The van der Waals surface area contributed by atoms with Gasteiger partial charge in [0.2, 0.25) is 8.32 Å². The normalized spacial score (nSPS) is 14.9. The van der Waals surface area contributed by atoms with Crippen LogP contribution in [0.5, 0.6) is 0 Å². The Morgan fingerprint density at radius 3 is 2.10 bits per heavy atom. The van der Waals surface area contributed by atoms with Crippen molar-refractivity contribution < 1.29 is 28.6 Å². The van der Waals surface area contributed by atoms with E-state index in [1.807, 2.05) is 0 Å². The summed E-state index contributed by atoms with van der Waals surface area (Å²) in [5.74, 6) is -0.730. The standard InChI is InChI=1S/C21H39NO6Si/c1-15(12-13-27-29(10,11)21(6,7)8)22(19(25)28-20(3,4)5)14-17(23)16(2)18(24)26-9/h12-13,15,17,23H,2,14H2,1,3-11H3/t15-,17?/m0/s1. The third-order valence-electron chi connectivity index (χ3n) is 4.87. The molecule has 0 aromatic rings. The van der Waals surface area contributed by atoms with Crippen molar-refractivity contribution in [2.24, 2.45) is 0 Å². The number of carbonyl (C=O) groups is 2. The van der Waals surface area contributed by atoms with E-state index in [4.69, 9.17) is 9.16 Å². The summed E-state index contributed by atoms with van der Waals surface area (Å²) < 4.78 is 16.1. The largest absolute Gasteiger partial charge is 0.549 e. The average molecular weight is 430 g/mol. The van der Waals surface area contributed by atoms with Gasteiger partial charge in [0.25, 0.3) is 0 Å². The van der Waals surface area contributed by atoms with Crippen molar-refractivity contribution in [2.45, 2.75) is 84.3 Å². The van der Waals surface area contributed by atoms with Gasteiger partial charge in [0.05, 0.1) is 31.5 Å². The first-order valence-electron chi connectivity index (χ1n) is 9.72. The Morgan fingerprint density at radius 1 is 1.17 bits per heavy atom. The van der Waals surface area contributed by atoms with Crippen molar-refractivity contribution in [3.8, 4) is 0 Å². The van der Waals surface area contributed by atoms with Crippen LogP contribution < -0.4 is 0 Å². The number of nitrogens with zero attached hydrogens (tertiary/aromatic N) is 1. The molecule has 0 saturated carbocycles. The van der Waals surface area contributed by atoms with Crippen LogP contribution in [0.1, 0.15) is 48.5 Å². The number of hydrogen-bond donors (Lipinski definition) is 1. The van der Waals surface area contributed by atoms with Crippen LogP contribution in [0.25, 0.3) is 0 Å². The Labute approximate surface area is 176 Å². The van der Waals surface area contributed by atoms with E-state index in [0.717, 1.165) is 0 Å². The molecule has 29 heavy (non-hydrogen) atoms. The number of rotatable bonds is 8.